The van der Waals surface area contributed by atoms with E-state index >= 15 is 0 Å². The molecule has 2 rings (SSSR count). The Kier molecular flexibility index (Phi) is 2.88. The van der Waals surface area contributed by atoms with Gasteiger partial charge in [0.1, 0.15) is 0 Å². The lowest BCUT2D eigenvalue weighted by molar-refractivity contribution is 0.0314. The number of Topliss-reactive ketones (excluding diaryl/α,β-unsaturated/α-hetero) is 1. The van der Waals surface area contributed by atoms with Crippen molar-refractivity contribution in [2.75, 3.05) is 19.6 Å². The second-order valence-corrected chi connectivity index (χ2v) is 6.55. The van der Waals surface area contributed by atoms with Crippen LogP contribution in [0, 0.1) is 5.41 Å². The van der Waals surface area contributed by atoms with Gasteiger partial charge in [0.2, 0.25) is 0 Å². The minimum atomic E-state index is 0.183. The molecule has 0 atom stereocenters. The van der Waals surface area contributed by atoms with Crippen LogP contribution in [0.2, 0.25) is 4.34 Å². The van der Waals surface area contributed by atoms with Crippen molar-refractivity contribution in [1.29, 1.82) is 0 Å². The predicted molar refractivity (Wildman–Crippen MR) is 63.9 cm³/mol. The zero-order valence-corrected chi connectivity index (χ0v) is 10.5. The quantitative estimate of drug-likeness (QED) is 0.761. The van der Waals surface area contributed by atoms with Crippen LogP contribution in [0.5, 0.6) is 0 Å². The molecule has 1 aromatic rings. The maximum atomic E-state index is 11.8. The van der Waals surface area contributed by atoms with E-state index in [0.717, 1.165) is 18.0 Å². The average molecular weight is 244 g/mol. The van der Waals surface area contributed by atoms with Crippen LogP contribution in [-0.2, 0) is 0 Å². The normalized spacial score (nSPS) is 19.9. The van der Waals surface area contributed by atoms with Gasteiger partial charge in [0.05, 0.1) is 15.8 Å². The van der Waals surface area contributed by atoms with E-state index in [4.69, 9.17) is 11.6 Å². The second kappa shape index (κ2) is 3.89. The van der Waals surface area contributed by atoms with E-state index in [1.165, 1.54) is 11.3 Å². The number of ketones is 1. The maximum Gasteiger partial charge on any atom is 0.186 e. The van der Waals surface area contributed by atoms with Gasteiger partial charge in [-0.05, 0) is 17.5 Å². The predicted octanol–water partition coefficient (Wildman–Crippen LogP) is 2.93. The molecular weight excluding hydrogens is 230 g/mol. The summed E-state index contributed by atoms with van der Waals surface area (Å²) in [6.07, 6.45) is 0. The highest BCUT2D eigenvalue weighted by Crippen LogP contribution is 2.29. The van der Waals surface area contributed by atoms with Gasteiger partial charge in [-0.2, -0.15) is 0 Å². The largest absolute Gasteiger partial charge is 0.295 e. The Labute approximate surface area is 98.8 Å². The molecule has 0 aliphatic carbocycles. The van der Waals surface area contributed by atoms with Crippen molar-refractivity contribution in [2.45, 2.75) is 13.8 Å². The Morgan fingerprint density at radius 1 is 1.53 bits per heavy atom. The minimum Gasteiger partial charge on any atom is -0.295 e. The first-order valence-corrected chi connectivity index (χ1v) is 6.17. The van der Waals surface area contributed by atoms with Crippen molar-refractivity contribution in [3.8, 4) is 0 Å². The molecule has 1 fully saturated rings. The van der Waals surface area contributed by atoms with E-state index < -0.39 is 0 Å². The number of carbonyl (C=O) groups excluding carboxylic acids is 1. The third-order valence-corrected chi connectivity index (χ3v) is 3.79. The number of hydrogen-bond donors (Lipinski definition) is 0. The molecule has 0 spiro atoms. The van der Waals surface area contributed by atoms with Gasteiger partial charge in [0.25, 0.3) is 0 Å². The van der Waals surface area contributed by atoms with Crippen molar-refractivity contribution in [3.05, 3.63) is 21.3 Å². The number of hydrogen-bond acceptors (Lipinski definition) is 3. The molecule has 82 valence electrons. The first kappa shape index (κ1) is 11.1. The Hall–Kier alpha value is -0.380. The summed E-state index contributed by atoms with van der Waals surface area (Å²) in [6.45, 7) is 6.99. The minimum absolute atomic E-state index is 0.183. The van der Waals surface area contributed by atoms with Crippen molar-refractivity contribution >= 4 is 28.7 Å². The summed E-state index contributed by atoms with van der Waals surface area (Å²) < 4.78 is 0.683. The average Bonchev–Trinajstić information content (AvgIpc) is 2.48. The zero-order valence-electron chi connectivity index (χ0n) is 8.92. The molecule has 0 radical (unpaired) electrons. The fraction of sp³-hybridized carbons (Fsp3) is 0.545. The van der Waals surface area contributed by atoms with Crippen LogP contribution in [0.25, 0.3) is 0 Å². The summed E-state index contributed by atoms with van der Waals surface area (Å²) in [4.78, 5) is 14.7. The topological polar surface area (TPSA) is 20.3 Å². The van der Waals surface area contributed by atoms with E-state index in [9.17, 15) is 4.79 Å². The standard InChI is InChI=1S/C11H14ClNOS/c1-11(2)6-13(7-11)5-8(14)9-3-4-10(12)15-9/h3-4H,5-7H2,1-2H3. The lowest BCUT2D eigenvalue weighted by atomic mass is 9.84. The zero-order chi connectivity index (χ0) is 11.1. The summed E-state index contributed by atoms with van der Waals surface area (Å²) >= 11 is 7.15. The fourth-order valence-electron chi connectivity index (χ4n) is 2.02. The van der Waals surface area contributed by atoms with Crippen molar-refractivity contribution < 1.29 is 4.79 Å². The highest BCUT2D eigenvalue weighted by Gasteiger charge is 2.34. The van der Waals surface area contributed by atoms with Crippen molar-refractivity contribution in [3.63, 3.8) is 0 Å². The van der Waals surface area contributed by atoms with Crippen LogP contribution in [-0.4, -0.2) is 30.3 Å². The van der Waals surface area contributed by atoms with Crippen molar-refractivity contribution in [2.24, 2.45) is 5.41 Å². The Morgan fingerprint density at radius 3 is 2.67 bits per heavy atom. The first-order chi connectivity index (χ1) is 6.96. The molecule has 1 aliphatic rings. The summed E-state index contributed by atoms with van der Waals surface area (Å²) in [5.41, 5.74) is 0.382. The second-order valence-electron chi connectivity index (χ2n) is 4.84. The smallest absolute Gasteiger partial charge is 0.186 e. The summed E-state index contributed by atoms with van der Waals surface area (Å²) in [5, 5.41) is 0. The number of thiophene rings is 1. The molecule has 1 aromatic heterocycles. The van der Waals surface area contributed by atoms with E-state index in [1.54, 1.807) is 12.1 Å². The highest BCUT2D eigenvalue weighted by atomic mass is 35.5. The molecule has 0 bridgehead atoms. The van der Waals surface area contributed by atoms with Gasteiger partial charge in [-0.1, -0.05) is 25.4 Å². The molecule has 0 saturated carbocycles. The summed E-state index contributed by atoms with van der Waals surface area (Å²) in [6, 6.07) is 3.58. The lowest BCUT2D eigenvalue weighted by Crippen LogP contribution is -2.54. The fourth-order valence-corrected chi connectivity index (χ4v) is 2.99. The molecule has 0 unspecified atom stereocenters. The molecule has 2 nitrogen and oxygen atoms in total. The van der Waals surface area contributed by atoms with Crippen LogP contribution in [0.4, 0.5) is 0 Å². The summed E-state index contributed by atoms with van der Waals surface area (Å²) in [5.74, 6) is 0.183. The van der Waals surface area contributed by atoms with E-state index in [0.29, 0.717) is 16.3 Å². The van der Waals surface area contributed by atoms with Crippen LogP contribution < -0.4 is 0 Å². The molecule has 0 amide bonds. The Bertz CT molecular complexity index is 378. The van der Waals surface area contributed by atoms with Gasteiger partial charge in [0.15, 0.2) is 5.78 Å². The third kappa shape index (κ3) is 2.60. The molecule has 1 aliphatic heterocycles. The number of rotatable bonds is 3. The molecular formula is C11H14ClNOS. The van der Waals surface area contributed by atoms with E-state index in [2.05, 4.69) is 18.7 Å². The van der Waals surface area contributed by atoms with Gasteiger partial charge < -0.3 is 0 Å². The Balaban J connectivity index is 1.89. The van der Waals surface area contributed by atoms with Gasteiger partial charge >= 0.3 is 0 Å². The molecule has 0 N–H and O–H groups in total. The first-order valence-electron chi connectivity index (χ1n) is 4.97. The van der Waals surface area contributed by atoms with Crippen LogP contribution in [0.3, 0.4) is 0 Å². The van der Waals surface area contributed by atoms with E-state index in [-0.39, 0.29) is 5.78 Å². The van der Waals surface area contributed by atoms with E-state index in [1.807, 2.05) is 0 Å². The van der Waals surface area contributed by atoms with Gasteiger partial charge in [-0.3, -0.25) is 9.69 Å². The summed E-state index contributed by atoms with van der Waals surface area (Å²) in [7, 11) is 0. The van der Waals surface area contributed by atoms with Gasteiger partial charge in [0, 0.05) is 13.1 Å². The number of nitrogens with zero attached hydrogens (tertiary/aromatic N) is 1. The highest BCUT2D eigenvalue weighted by molar-refractivity contribution is 7.18. The molecule has 4 heteroatoms. The molecule has 0 aromatic carbocycles. The van der Waals surface area contributed by atoms with Gasteiger partial charge in [-0.25, -0.2) is 0 Å². The number of likely N-dealkylation sites (tertiary alicyclic amines) is 1. The molecule has 1 saturated heterocycles. The monoisotopic (exact) mass is 243 g/mol. The van der Waals surface area contributed by atoms with Crippen LogP contribution in [0.15, 0.2) is 12.1 Å². The van der Waals surface area contributed by atoms with Crippen LogP contribution in [0.1, 0.15) is 23.5 Å². The SMILES string of the molecule is CC1(C)CN(CC(=O)c2ccc(Cl)s2)C1. The lowest BCUT2D eigenvalue weighted by Gasteiger charge is -2.45. The van der Waals surface area contributed by atoms with Crippen molar-refractivity contribution in [1.82, 2.24) is 4.90 Å². The number of halogens is 1. The number of carbonyl (C=O) groups is 1. The Morgan fingerprint density at radius 2 is 2.20 bits per heavy atom. The third-order valence-electron chi connectivity index (χ3n) is 2.52. The maximum absolute atomic E-state index is 11.8. The van der Waals surface area contributed by atoms with Crippen LogP contribution >= 0.6 is 22.9 Å². The molecule has 15 heavy (non-hydrogen) atoms. The van der Waals surface area contributed by atoms with Gasteiger partial charge in [-0.15, -0.1) is 11.3 Å². The molecule has 2 heterocycles.